The molecule has 2 aromatic carbocycles. The monoisotopic (exact) mass is 297 g/mol. The van der Waals surface area contributed by atoms with Crippen molar-refractivity contribution in [1.29, 1.82) is 0 Å². The largest absolute Gasteiger partial charge is 0.376 e. The number of anilines is 2. The molecule has 0 fully saturated rings. The zero-order chi connectivity index (χ0) is 15.9. The third-order valence-corrected chi connectivity index (χ3v) is 3.03. The van der Waals surface area contributed by atoms with Crippen molar-refractivity contribution in [3.63, 3.8) is 0 Å². The standard InChI is InChI=1S/C17H19N3O2/c1-20(2)17(22)13-7-6-10-15(11-13)19-16(21)12-18-14-8-4-3-5-9-14/h3-11,18H,12H2,1-2H3,(H,19,21). The van der Waals surface area contributed by atoms with Gasteiger partial charge in [0.05, 0.1) is 6.54 Å². The maximum atomic E-state index is 11.9. The first kappa shape index (κ1) is 15.6. The third kappa shape index (κ3) is 4.34. The molecule has 22 heavy (non-hydrogen) atoms. The molecule has 0 spiro atoms. The number of hydrogen-bond donors (Lipinski definition) is 2. The van der Waals surface area contributed by atoms with Crippen molar-refractivity contribution in [3.05, 3.63) is 60.2 Å². The van der Waals surface area contributed by atoms with Gasteiger partial charge in [0.25, 0.3) is 5.91 Å². The Morgan fingerprint density at radius 2 is 1.64 bits per heavy atom. The van der Waals surface area contributed by atoms with Crippen LogP contribution in [0.3, 0.4) is 0 Å². The van der Waals surface area contributed by atoms with E-state index in [0.717, 1.165) is 5.69 Å². The zero-order valence-electron chi connectivity index (χ0n) is 12.7. The van der Waals surface area contributed by atoms with Gasteiger partial charge in [-0.15, -0.1) is 0 Å². The normalized spacial score (nSPS) is 9.91. The van der Waals surface area contributed by atoms with E-state index in [1.807, 2.05) is 30.3 Å². The van der Waals surface area contributed by atoms with Gasteiger partial charge in [-0.2, -0.15) is 0 Å². The second-order valence-corrected chi connectivity index (χ2v) is 5.05. The maximum absolute atomic E-state index is 11.9. The van der Waals surface area contributed by atoms with E-state index < -0.39 is 0 Å². The molecule has 0 aliphatic rings. The molecule has 0 unspecified atom stereocenters. The summed E-state index contributed by atoms with van der Waals surface area (Å²) in [5.74, 6) is -0.267. The number of para-hydroxylation sites is 1. The highest BCUT2D eigenvalue weighted by Crippen LogP contribution is 2.12. The van der Waals surface area contributed by atoms with Crippen LogP contribution >= 0.6 is 0 Å². The molecular weight excluding hydrogens is 278 g/mol. The molecule has 0 aliphatic carbocycles. The Bertz CT molecular complexity index is 654. The van der Waals surface area contributed by atoms with E-state index in [1.54, 1.807) is 38.4 Å². The van der Waals surface area contributed by atoms with E-state index in [9.17, 15) is 9.59 Å². The minimum absolute atomic E-state index is 0.0986. The minimum atomic E-state index is -0.168. The van der Waals surface area contributed by atoms with Crippen LogP contribution in [-0.2, 0) is 4.79 Å². The number of nitrogens with one attached hydrogen (secondary N) is 2. The van der Waals surface area contributed by atoms with Crippen LogP contribution in [0.4, 0.5) is 11.4 Å². The molecule has 0 saturated heterocycles. The average Bonchev–Trinajstić information content (AvgIpc) is 2.53. The van der Waals surface area contributed by atoms with Gasteiger partial charge in [0.1, 0.15) is 0 Å². The van der Waals surface area contributed by atoms with Gasteiger partial charge >= 0.3 is 0 Å². The Morgan fingerprint density at radius 1 is 0.955 bits per heavy atom. The Morgan fingerprint density at radius 3 is 2.32 bits per heavy atom. The van der Waals surface area contributed by atoms with Crippen LogP contribution in [0.15, 0.2) is 54.6 Å². The molecule has 0 heterocycles. The van der Waals surface area contributed by atoms with Crippen molar-refractivity contribution in [2.24, 2.45) is 0 Å². The molecule has 2 aromatic rings. The number of carbonyl (C=O) groups is 2. The summed E-state index contributed by atoms with van der Waals surface area (Å²) in [5, 5.41) is 5.81. The first-order chi connectivity index (χ1) is 10.6. The predicted octanol–water partition coefficient (Wildman–Crippen LogP) is 2.44. The predicted molar refractivity (Wildman–Crippen MR) is 88.0 cm³/mol. The van der Waals surface area contributed by atoms with Crippen LogP contribution in [0.5, 0.6) is 0 Å². The molecule has 0 atom stereocenters. The van der Waals surface area contributed by atoms with Gasteiger partial charge in [0, 0.05) is 31.0 Å². The third-order valence-electron chi connectivity index (χ3n) is 3.03. The second kappa shape index (κ2) is 7.26. The summed E-state index contributed by atoms with van der Waals surface area (Å²) in [6.07, 6.45) is 0. The lowest BCUT2D eigenvalue weighted by molar-refractivity contribution is -0.114. The lowest BCUT2D eigenvalue weighted by atomic mass is 10.2. The SMILES string of the molecule is CN(C)C(=O)c1cccc(NC(=O)CNc2ccccc2)c1. The molecule has 0 aliphatic heterocycles. The average molecular weight is 297 g/mol. The van der Waals surface area contributed by atoms with Gasteiger partial charge in [-0.25, -0.2) is 0 Å². The number of rotatable bonds is 5. The molecule has 0 saturated carbocycles. The van der Waals surface area contributed by atoms with Crippen LogP contribution < -0.4 is 10.6 Å². The molecule has 2 rings (SSSR count). The fourth-order valence-corrected chi connectivity index (χ4v) is 1.93. The number of hydrogen-bond acceptors (Lipinski definition) is 3. The molecule has 2 N–H and O–H groups in total. The zero-order valence-corrected chi connectivity index (χ0v) is 12.7. The van der Waals surface area contributed by atoms with Crippen molar-refractivity contribution >= 4 is 23.2 Å². The fraction of sp³-hybridized carbons (Fsp3) is 0.176. The van der Waals surface area contributed by atoms with E-state index in [2.05, 4.69) is 10.6 Å². The summed E-state index contributed by atoms with van der Waals surface area (Å²) in [5.41, 5.74) is 2.03. The summed E-state index contributed by atoms with van der Waals surface area (Å²) in [6, 6.07) is 16.4. The van der Waals surface area contributed by atoms with Gasteiger partial charge < -0.3 is 15.5 Å². The molecule has 2 amide bonds. The Labute approximate surface area is 129 Å². The van der Waals surface area contributed by atoms with Crippen molar-refractivity contribution < 1.29 is 9.59 Å². The van der Waals surface area contributed by atoms with E-state index in [0.29, 0.717) is 11.3 Å². The van der Waals surface area contributed by atoms with Crippen molar-refractivity contribution in [3.8, 4) is 0 Å². The van der Waals surface area contributed by atoms with E-state index >= 15 is 0 Å². The highest BCUT2D eigenvalue weighted by molar-refractivity contribution is 5.97. The van der Waals surface area contributed by atoms with E-state index in [4.69, 9.17) is 0 Å². The quantitative estimate of drug-likeness (QED) is 0.891. The van der Waals surface area contributed by atoms with Gasteiger partial charge in [0.2, 0.25) is 5.91 Å². The van der Waals surface area contributed by atoms with Crippen molar-refractivity contribution in [1.82, 2.24) is 4.90 Å². The van der Waals surface area contributed by atoms with Crippen LogP contribution in [0.2, 0.25) is 0 Å². The Hall–Kier alpha value is -2.82. The smallest absolute Gasteiger partial charge is 0.253 e. The first-order valence-electron chi connectivity index (χ1n) is 6.97. The van der Waals surface area contributed by atoms with Gasteiger partial charge in [-0.05, 0) is 30.3 Å². The Balaban J connectivity index is 1.94. The number of carbonyl (C=O) groups excluding carboxylic acids is 2. The number of benzene rings is 2. The van der Waals surface area contributed by atoms with Crippen molar-refractivity contribution in [2.75, 3.05) is 31.3 Å². The van der Waals surface area contributed by atoms with Crippen LogP contribution in [0.25, 0.3) is 0 Å². The number of nitrogens with zero attached hydrogens (tertiary/aromatic N) is 1. The summed E-state index contributed by atoms with van der Waals surface area (Å²) >= 11 is 0. The molecular formula is C17H19N3O2. The summed E-state index contributed by atoms with van der Waals surface area (Å²) in [6.45, 7) is 0.163. The molecule has 0 radical (unpaired) electrons. The van der Waals surface area contributed by atoms with Crippen LogP contribution in [0, 0.1) is 0 Å². The molecule has 5 nitrogen and oxygen atoms in total. The van der Waals surface area contributed by atoms with Gasteiger partial charge in [-0.1, -0.05) is 24.3 Å². The molecule has 114 valence electrons. The summed E-state index contributed by atoms with van der Waals surface area (Å²) in [4.78, 5) is 25.3. The fourth-order valence-electron chi connectivity index (χ4n) is 1.93. The first-order valence-corrected chi connectivity index (χ1v) is 6.97. The van der Waals surface area contributed by atoms with Crippen LogP contribution in [-0.4, -0.2) is 37.4 Å². The Kier molecular flexibility index (Phi) is 5.14. The number of amides is 2. The lowest BCUT2D eigenvalue weighted by Crippen LogP contribution is -2.23. The van der Waals surface area contributed by atoms with Gasteiger partial charge in [0.15, 0.2) is 0 Å². The topological polar surface area (TPSA) is 61.4 Å². The maximum Gasteiger partial charge on any atom is 0.253 e. The highest BCUT2D eigenvalue weighted by atomic mass is 16.2. The van der Waals surface area contributed by atoms with E-state index in [-0.39, 0.29) is 18.4 Å². The second-order valence-electron chi connectivity index (χ2n) is 5.05. The molecule has 0 bridgehead atoms. The molecule has 0 aromatic heterocycles. The summed E-state index contributed by atoms with van der Waals surface area (Å²) in [7, 11) is 3.38. The molecule has 5 heteroatoms. The van der Waals surface area contributed by atoms with Crippen LogP contribution in [0.1, 0.15) is 10.4 Å². The minimum Gasteiger partial charge on any atom is -0.376 e. The van der Waals surface area contributed by atoms with Crippen molar-refractivity contribution in [2.45, 2.75) is 0 Å². The highest BCUT2D eigenvalue weighted by Gasteiger charge is 2.09. The summed E-state index contributed by atoms with van der Waals surface area (Å²) < 4.78 is 0. The van der Waals surface area contributed by atoms with Gasteiger partial charge in [-0.3, -0.25) is 9.59 Å². The van der Waals surface area contributed by atoms with E-state index in [1.165, 1.54) is 4.90 Å². The lowest BCUT2D eigenvalue weighted by Gasteiger charge is -2.12.